The van der Waals surface area contributed by atoms with Crippen molar-refractivity contribution < 1.29 is 14.3 Å². The van der Waals surface area contributed by atoms with Gasteiger partial charge in [-0.25, -0.2) is 9.48 Å². The van der Waals surface area contributed by atoms with Crippen molar-refractivity contribution in [2.45, 2.75) is 12.3 Å². The summed E-state index contributed by atoms with van der Waals surface area (Å²) < 4.78 is 6.62. The van der Waals surface area contributed by atoms with Crippen LogP contribution >= 0.6 is 0 Å². The van der Waals surface area contributed by atoms with Gasteiger partial charge in [0.1, 0.15) is 6.33 Å². The second kappa shape index (κ2) is 10.8. The highest BCUT2D eigenvalue weighted by molar-refractivity contribution is 5.91. The predicted octanol–water partition coefficient (Wildman–Crippen LogP) is 3.16. The molecule has 8 heteroatoms. The molecule has 0 saturated carbocycles. The summed E-state index contributed by atoms with van der Waals surface area (Å²) in [5.74, 6) is -0.748. The molecule has 4 aromatic rings. The van der Waals surface area contributed by atoms with E-state index in [0.29, 0.717) is 17.8 Å². The molecule has 1 aromatic heterocycles. The van der Waals surface area contributed by atoms with Crippen LogP contribution in [0.25, 0.3) is 5.69 Å². The molecule has 3 aromatic carbocycles. The number of ether oxygens (including phenoxy) is 1. The van der Waals surface area contributed by atoms with Gasteiger partial charge in [0.05, 0.1) is 11.3 Å². The van der Waals surface area contributed by atoms with Gasteiger partial charge in [0.2, 0.25) is 0 Å². The molecule has 166 valence electrons. The quantitative estimate of drug-likeness (QED) is 0.401. The third-order valence-corrected chi connectivity index (χ3v) is 5.21. The van der Waals surface area contributed by atoms with E-state index >= 15 is 0 Å². The summed E-state index contributed by atoms with van der Waals surface area (Å²) in [6.07, 6.45) is 2.18. The minimum Gasteiger partial charge on any atom is -0.452 e. The van der Waals surface area contributed by atoms with E-state index in [1.54, 1.807) is 24.3 Å². The van der Waals surface area contributed by atoms with Crippen molar-refractivity contribution >= 4 is 11.9 Å². The SMILES string of the molecule is O=C(COC(=O)c1ccc(-n2cnnn2)cc1)NCCC(c1ccccc1)c1ccccc1. The molecule has 0 radical (unpaired) electrons. The van der Waals surface area contributed by atoms with Crippen LogP contribution in [0.4, 0.5) is 0 Å². The Bertz CT molecular complexity index is 1120. The van der Waals surface area contributed by atoms with Crippen molar-refractivity contribution in [3.8, 4) is 5.69 Å². The minimum absolute atomic E-state index is 0.161. The van der Waals surface area contributed by atoms with Crippen molar-refractivity contribution in [2.75, 3.05) is 13.2 Å². The molecule has 0 aliphatic heterocycles. The summed E-state index contributed by atoms with van der Waals surface area (Å²) >= 11 is 0. The molecule has 4 rings (SSSR count). The van der Waals surface area contributed by atoms with E-state index in [1.165, 1.54) is 22.1 Å². The number of aromatic nitrogens is 4. The molecule has 0 aliphatic rings. The monoisotopic (exact) mass is 441 g/mol. The van der Waals surface area contributed by atoms with Crippen LogP contribution in [0.5, 0.6) is 0 Å². The molecule has 0 spiro atoms. The standard InChI is InChI=1S/C25H23N5O3/c31-24(17-33-25(32)21-11-13-22(14-12-21)30-18-27-28-29-30)26-16-15-23(19-7-3-1-4-8-19)20-9-5-2-6-10-20/h1-14,18,23H,15-17H2,(H,26,31). The fourth-order valence-electron chi connectivity index (χ4n) is 3.55. The normalized spacial score (nSPS) is 10.7. The number of amides is 1. The van der Waals surface area contributed by atoms with Crippen molar-refractivity contribution in [3.05, 3.63) is 108 Å². The lowest BCUT2D eigenvalue weighted by molar-refractivity contribution is -0.124. The lowest BCUT2D eigenvalue weighted by Gasteiger charge is -2.18. The summed E-state index contributed by atoms with van der Waals surface area (Å²) in [5.41, 5.74) is 3.43. The largest absolute Gasteiger partial charge is 0.452 e. The fourth-order valence-corrected chi connectivity index (χ4v) is 3.55. The van der Waals surface area contributed by atoms with Crippen LogP contribution in [0, 0.1) is 0 Å². The minimum atomic E-state index is -0.570. The Morgan fingerprint density at radius 3 is 2.09 bits per heavy atom. The number of carbonyl (C=O) groups is 2. The van der Waals surface area contributed by atoms with Crippen molar-refractivity contribution in [1.29, 1.82) is 0 Å². The highest BCUT2D eigenvalue weighted by atomic mass is 16.5. The molecule has 0 unspecified atom stereocenters. The number of tetrazole rings is 1. The molecular formula is C25H23N5O3. The highest BCUT2D eigenvalue weighted by Crippen LogP contribution is 2.27. The summed E-state index contributed by atoms with van der Waals surface area (Å²) in [5, 5.41) is 13.8. The van der Waals surface area contributed by atoms with Gasteiger partial charge in [0, 0.05) is 12.5 Å². The maximum absolute atomic E-state index is 12.2. The Morgan fingerprint density at radius 2 is 1.52 bits per heavy atom. The zero-order chi connectivity index (χ0) is 22.9. The number of carbonyl (C=O) groups excluding carboxylic acids is 2. The van der Waals surface area contributed by atoms with Gasteiger partial charge >= 0.3 is 5.97 Å². The highest BCUT2D eigenvalue weighted by Gasteiger charge is 2.15. The fraction of sp³-hybridized carbons (Fsp3) is 0.160. The average Bonchev–Trinajstić information content (AvgIpc) is 3.41. The maximum Gasteiger partial charge on any atom is 0.338 e. The van der Waals surface area contributed by atoms with Gasteiger partial charge in [-0.05, 0) is 52.2 Å². The summed E-state index contributed by atoms with van der Waals surface area (Å²) in [6, 6.07) is 27.0. The number of esters is 1. The molecule has 0 atom stereocenters. The first-order valence-electron chi connectivity index (χ1n) is 10.6. The van der Waals surface area contributed by atoms with Crippen LogP contribution in [0.1, 0.15) is 33.8 Å². The van der Waals surface area contributed by atoms with Crippen molar-refractivity contribution in [1.82, 2.24) is 25.5 Å². The molecule has 1 N–H and O–H groups in total. The van der Waals surface area contributed by atoms with Crippen LogP contribution in [0.3, 0.4) is 0 Å². The third-order valence-electron chi connectivity index (χ3n) is 5.21. The second-order valence-electron chi connectivity index (χ2n) is 7.39. The zero-order valence-corrected chi connectivity index (χ0v) is 17.9. The Kier molecular flexibility index (Phi) is 7.17. The number of hydrogen-bond donors (Lipinski definition) is 1. The van der Waals surface area contributed by atoms with Gasteiger partial charge in [0.25, 0.3) is 5.91 Å². The van der Waals surface area contributed by atoms with Gasteiger partial charge in [-0.3, -0.25) is 4.79 Å². The van der Waals surface area contributed by atoms with Crippen LogP contribution in [0.2, 0.25) is 0 Å². The molecule has 0 bridgehead atoms. The molecule has 0 aliphatic carbocycles. The first-order chi connectivity index (χ1) is 16.2. The predicted molar refractivity (Wildman–Crippen MR) is 122 cm³/mol. The maximum atomic E-state index is 12.2. The topological polar surface area (TPSA) is 99.0 Å². The lowest BCUT2D eigenvalue weighted by atomic mass is 9.88. The number of rotatable bonds is 9. The van der Waals surface area contributed by atoms with Gasteiger partial charge in [-0.15, -0.1) is 5.10 Å². The number of nitrogens with one attached hydrogen (secondary N) is 1. The van der Waals surface area contributed by atoms with E-state index < -0.39 is 5.97 Å². The van der Waals surface area contributed by atoms with Gasteiger partial charge in [0.15, 0.2) is 6.61 Å². The van der Waals surface area contributed by atoms with E-state index in [2.05, 4.69) is 45.1 Å². The first kappa shape index (κ1) is 21.9. The zero-order valence-electron chi connectivity index (χ0n) is 17.9. The smallest absolute Gasteiger partial charge is 0.338 e. The molecule has 33 heavy (non-hydrogen) atoms. The molecular weight excluding hydrogens is 418 g/mol. The number of nitrogens with zero attached hydrogens (tertiary/aromatic N) is 4. The number of hydrogen-bond acceptors (Lipinski definition) is 6. The second-order valence-corrected chi connectivity index (χ2v) is 7.39. The Hall–Kier alpha value is -4.33. The van der Waals surface area contributed by atoms with Gasteiger partial charge in [-0.1, -0.05) is 60.7 Å². The first-order valence-corrected chi connectivity index (χ1v) is 10.6. The van der Waals surface area contributed by atoms with Crippen LogP contribution in [-0.4, -0.2) is 45.2 Å². The summed E-state index contributed by atoms with van der Waals surface area (Å²) in [4.78, 5) is 24.5. The average molecular weight is 441 g/mol. The Morgan fingerprint density at radius 1 is 0.879 bits per heavy atom. The molecule has 1 amide bonds. The van der Waals surface area contributed by atoms with E-state index in [-0.39, 0.29) is 18.4 Å². The summed E-state index contributed by atoms with van der Waals surface area (Å²) in [6.45, 7) is 0.125. The lowest BCUT2D eigenvalue weighted by Crippen LogP contribution is -2.30. The van der Waals surface area contributed by atoms with Crippen molar-refractivity contribution in [3.63, 3.8) is 0 Å². The Balaban J connectivity index is 1.27. The van der Waals surface area contributed by atoms with Crippen LogP contribution in [-0.2, 0) is 9.53 Å². The molecule has 1 heterocycles. The van der Waals surface area contributed by atoms with Crippen LogP contribution in [0.15, 0.2) is 91.3 Å². The molecule has 8 nitrogen and oxygen atoms in total. The summed E-state index contributed by atoms with van der Waals surface area (Å²) in [7, 11) is 0. The van der Waals surface area contributed by atoms with Gasteiger partial charge < -0.3 is 10.1 Å². The number of benzene rings is 3. The molecule has 0 fully saturated rings. The van der Waals surface area contributed by atoms with E-state index in [0.717, 1.165) is 6.42 Å². The Labute approximate surface area is 191 Å². The van der Waals surface area contributed by atoms with Crippen molar-refractivity contribution in [2.24, 2.45) is 0 Å². The van der Waals surface area contributed by atoms with E-state index in [4.69, 9.17) is 4.74 Å². The van der Waals surface area contributed by atoms with E-state index in [1.807, 2.05) is 36.4 Å². The van der Waals surface area contributed by atoms with Crippen LogP contribution < -0.4 is 5.32 Å². The van der Waals surface area contributed by atoms with E-state index in [9.17, 15) is 9.59 Å². The third kappa shape index (κ3) is 5.88. The molecule has 0 saturated heterocycles. The van der Waals surface area contributed by atoms with Gasteiger partial charge in [-0.2, -0.15) is 0 Å².